The van der Waals surface area contributed by atoms with E-state index in [1.807, 2.05) is 13.8 Å². The number of nitrogens with zero attached hydrogens (tertiary/aromatic N) is 3. The maximum absolute atomic E-state index is 11.9. The highest BCUT2D eigenvalue weighted by atomic mass is 79.9. The van der Waals surface area contributed by atoms with Crippen molar-refractivity contribution in [3.8, 4) is 0 Å². The summed E-state index contributed by atoms with van der Waals surface area (Å²) in [7, 11) is 0. The fourth-order valence-electron chi connectivity index (χ4n) is 1.57. The zero-order valence-electron chi connectivity index (χ0n) is 10.5. The van der Waals surface area contributed by atoms with Crippen molar-refractivity contribution in [2.24, 2.45) is 0 Å². The van der Waals surface area contributed by atoms with Gasteiger partial charge in [0, 0.05) is 22.2 Å². The number of aromatic nitrogens is 3. The lowest BCUT2D eigenvalue weighted by Gasteiger charge is -2.04. The van der Waals surface area contributed by atoms with Gasteiger partial charge in [0.1, 0.15) is 6.54 Å². The minimum atomic E-state index is -0.0532. The van der Waals surface area contributed by atoms with Gasteiger partial charge in [0.25, 0.3) is 5.56 Å². The van der Waals surface area contributed by atoms with Crippen LogP contribution in [-0.2, 0) is 6.54 Å². The zero-order chi connectivity index (χ0) is 13.3. The van der Waals surface area contributed by atoms with Crippen molar-refractivity contribution in [3.63, 3.8) is 0 Å². The van der Waals surface area contributed by atoms with Crippen LogP contribution in [0, 0.1) is 6.92 Å². The van der Waals surface area contributed by atoms with Crippen LogP contribution in [-0.4, -0.2) is 14.7 Å². The molecule has 0 saturated carbocycles. The SMILES string of the molecule is Cc1cc(Br)cn(Cc2nc(C(C)C)no2)c1=O. The molecule has 0 amide bonds. The van der Waals surface area contributed by atoms with Crippen molar-refractivity contribution in [2.45, 2.75) is 33.2 Å². The summed E-state index contributed by atoms with van der Waals surface area (Å²) in [5.41, 5.74) is 0.621. The molecule has 0 atom stereocenters. The second kappa shape index (κ2) is 5.06. The van der Waals surface area contributed by atoms with E-state index in [1.54, 1.807) is 23.8 Å². The predicted molar refractivity (Wildman–Crippen MR) is 70.6 cm³/mol. The summed E-state index contributed by atoms with van der Waals surface area (Å²) in [5.74, 6) is 1.31. The van der Waals surface area contributed by atoms with Crippen LogP contribution < -0.4 is 5.56 Å². The van der Waals surface area contributed by atoms with Gasteiger partial charge in [0.15, 0.2) is 5.82 Å². The molecule has 2 aromatic heterocycles. The van der Waals surface area contributed by atoms with Gasteiger partial charge in [-0.1, -0.05) is 19.0 Å². The Kier molecular flexibility index (Phi) is 3.65. The molecule has 0 unspecified atom stereocenters. The number of pyridine rings is 1. The van der Waals surface area contributed by atoms with Crippen LogP contribution in [0.5, 0.6) is 0 Å². The van der Waals surface area contributed by atoms with Gasteiger partial charge in [-0.15, -0.1) is 0 Å². The molecule has 0 aliphatic rings. The Morgan fingerprint density at radius 3 is 2.83 bits per heavy atom. The molecule has 0 spiro atoms. The summed E-state index contributed by atoms with van der Waals surface area (Å²) in [5, 5.41) is 3.87. The highest BCUT2D eigenvalue weighted by Gasteiger charge is 2.11. The normalized spacial score (nSPS) is 11.2. The van der Waals surface area contributed by atoms with Gasteiger partial charge in [0.2, 0.25) is 5.89 Å². The van der Waals surface area contributed by atoms with Crippen molar-refractivity contribution in [2.75, 3.05) is 0 Å². The van der Waals surface area contributed by atoms with Crippen LogP contribution in [0.4, 0.5) is 0 Å². The maximum atomic E-state index is 11.9. The average molecular weight is 312 g/mol. The Hall–Kier alpha value is -1.43. The van der Waals surface area contributed by atoms with Gasteiger partial charge in [-0.05, 0) is 28.9 Å². The molecular weight excluding hydrogens is 298 g/mol. The number of halogens is 1. The van der Waals surface area contributed by atoms with Crippen molar-refractivity contribution in [1.29, 1.82) is 0 Å². The van der Waals surface area contributed by atoms with E-state index in [9.17, 15) is 4.79 Å². The fraction of sp³-hybridized carbons (Fsp3) is 0.417. The third-order valence-electron chi connectivity index (χ3n) is 2.54. The smallest absolute Gasteiger partial charge is 0.253 e. The van der Waals surface area contributed by atoms with Crippen LogP contribution >= 0.6 is 15.9 Å². The van der Waals surface area contributed by atoms with E-state index in [4.69, 9.17) is 4.52 Å². The summed E-state index contributed by atoms with van der Waals surface area (Å²) >= 11 is 3.36. The van der Waals surface area contributed by atoms with Gasteiger partial charge in [0.05, 0.1) is 0 Å². The molecule has 0 aliphatic carbocycles. The Morgan fingerprint density at radius 2 is 2.22 bits per heavy atom. The second-order valence-electron chi connectivity index (χ2n) is 4.48. The standard InChI is InChI=1S/C12H14BrN3O2/c1-7(2)11-14-10(18-15-11)6-16-5-9(13)4-8(3)12(16)17/h4-5,7H,6H2,1-3H3. The molecule has 0 N–H and O–H groups in total. The van der Waals surface area contributed by atoms with E-state index in [2.05, 4.69) is 26.1 Å². The first-order valence-corrected chi connectivity index (χ1v) is 6.45. The highest BCUT2D eigenvalue weighted by Crippen LogP contribution is 2.12. The monoisotopic (exact) mass is 311 g/mol. The lowest BCUT2D eigenvalue weighted by Crippen LogP contribution is -2.22. The van der Waals surface area contributed by atoms with E-state index < -0.39 is 0 Å². The molecule has 0 fully saturated rings. The fourth-order valence-corrected chi connectivity index (χ4v) is 2.16. The lowest BCUT2D eigenvalue weighted by molar-refractivity contribution is 0.363. The molecule has 0 saturated heterocycles. The summed E-state index contributed by atoms with van der Waals surface area (Å²) < 4.78 is 7.53. The van der Waals surface area contributed by atoms with Gasteiger partial charge in [-0.2, -0.15) is 4.98 Å². The zero-order valence-corrected chi connectivity index (χ0v) is 12.1. The summed E-state index contributed by atoms with van der Waals surface area (Å²) in [6.45, 7) is 6.05. The molecular formula is C12H14BrN3O2. The van der Waals surface area contributed by atoms with Gasteiger partial charge in [-0.25, -0.2) is 0 Å². The number of rotatable bonds is 3. The molecule has 5 nitrogen and oxygen atoms in total. The minimum Gasteiger partial charge on any atom is -0.337 e. The molecule has 2 rings (SSSR count). The second-order valence-corrected chi connectivity index (χ2v) is 5.39. The molecule has 18 heavy (non-hydrogen) atoms. The van der Waals surface area contributed by atoms with E-state index in [1.165, 1.54) is 0 Å². The van der Waals surface area contributed by atoms with Crippen LogP contribution in [0.25, 0.3) is 0 Å². The summed E-state index contributed by atoms with van der Waals surface area (Å²) in [4.78, 5) is 16.2. The topological polar surface area (TPSA) is 60.9 Å². The molecule has 6 heteroatoms. The maximum Gasteiger partial charge on any atom is 0.253 e. The summed E-state index contributed by atoms with van der Waals surface area (Å²) in [6.07, 6.45) is 1.72. The summed E-state index contributed by atoms with van der Waals surface area (Å²) in [6, 6.07) is 1.78. The van der Waals surface area contributed by atoms with Crippen molar-refractivity contribution in [1.82, 2.24) is 14.7 Å². The first kappa shape index (κ1) is 13.0. The number of hydrogen-bond donors (Lipinski definition) is 0. The largest absolute Gasteiger partial charge is 0.337 e. The molecule has 96 valence electrons. The quantitative estimate of drug-likeness (QED) is 0.873. The van der Waals surface area contributed by atoms with Gasteiger partial charge >= 0.3 is 0 Å². The van der Waals surface area contributed by atoms with Crippen molar-refractivity contribution < 1.29 is 4.52 Å². The van der Waals surface area contributed by atoms with E-state index in [-0.39, 0.29) is 11.5 Å². The van der Waals surface area contributed by atoms with Crippen molar-refractivity contribution >= 4 is 15.9 Å². The van der Waals surface area contributed by atoms with Crippen LogP contribution in [0.1, 0.15) is 37.0 Å². The Balaban J connectivity index is 2.31. The first-order valence-electron chi connectivity index (χ1n) is 5.66. The number of hydrogen-bond acceptors (Lipinski definition) is 4. The lowest BCUT2D eigenvalue weighted by atomic mass is 10.2. The molecule has 0 bridgehead atoms. The Labute approximate surface area is 113 Å². The number of aryl methyl sites for hydroxylation is 1. The van der Waals surface area contributed by atoms with Crippen molar-refractivity contribution in [3.05, 3.63) is 44.4 Å². The van der Waals surface area contributed by atoms with Crippen LogP contribution in [0.2, 0.25) is 0 Å². The van der Waals surface area contributed by atoms with E-state index in [0.29, 0.717) is 23.8 Å². The van der Waals surface area contributed by atoms with Crippen LogP contribution in [0.3, 0.4) is 0 Å². The Morgan fingerprint density at radius 1 is 1.50 bits per heavy atom. The highest BCUT2D eigenvalue weighted by molar-refractivity contribution is 9.10. The third-order valence-corrected chi connectivity index (χ3v) is 2.97. The average Bonchev–Trinajstić information content (AvgIpc) is 2.74. The molecule has 0 aromatic carbocycles. The minimum absolute atomic E-state index is 0.0532. The van der Waals surface area contributed by atoms with Gasteiger partial charge < -0.3 is 9.09 Å². The first-order chi connectivity index (χ1) is 8.47. The van der Waals surface area contributed by atoms with Gasteiger partial charge in [-0.3, -0.25) is 4.79 Å². The van der Waals surface area contributed by atoms with E-state index >= 15 is 0 Å². The molecule has 2 heterocycles. The predicted octanol–water partition coefficient (Wildman–Crippen LogP) is 2.47. The molecule has 2 aromatic rings. The molecule has 0 radical (unpaired) electrons. The molecule has 0 aliphatic heterocycles. The van der Waals surface area contributed by atoms with Crippen LogP contribution in [0.15, 0.2) is 26.1 Å². The third kappa shape index (κ3) is 2.69. The van der Waals surface area contributed by atoms with E-state index in [0.717, 1.165) is 4.47 Å². The Bertz CT molecular complexity index is 616.